The highest BCUT2D eigenvalue weighted by molar-refractivity contribution is 6.05. The predicted molar refractivity (Wildman–Crippen MR) is 168 cm³/mol. The second-order valence-corrected chi connectivity index (χ2v) is 10.1. The summed E-state index contributed by atoms with van der Waals surface area (Å²) in [5.41, 5.74) is 10.8. The number of ether oxygens (including phenoxy) is 2. The Bertz CT molecular complexity index is 1910. The molecule has 0 atom stereocenters. The summed E-state index contributed by atoms with van der Waals surface area (Å²) in [6, 6.07) is 35.7. The van der Waals surface area contributed by atoms with Crippen molar-refractivity contribution in [1.82, 2.24) is 5.32 Å². The highest BCUT2D eigenvalue weighted by Crippen LogP contribution is 2.31. The van der Waals surface area contributed by atoms with Gasteiger partial charge in [-0.1, -0.05) is 66.7 Å². The van der Waals surface area contributed by atoms with Crippen LogP contribution in [0.25, 0.3) is 21.9 Å². The second kappa shape index (κ2) is 12.5. The minimum atomic E-state index is -0.330. The van der Waals surface area contributed by atoms with Gasteiger partial charge in [0.25, 0.3) is 5.91 Å². The number of rotatable bonds is 11. The SMILES string of the molecule is Nc1cc(C(=O)CNC(=O)c2ccccc2CCOc2ccc3c(c2)oc2ccccc23)ccc1OCc1ccccc1. The van der Waals surface area contributed by atoms with Gasteiger partial charge in [0.2, 0.25) is 0 Å². The Kier molecular flexibility index (Phi) is 8.04. The Morgan fingerprint density at radius 1 is 0.744 bits per heavy atom. The van der Waals surface area contributed by atoms with Crippen molar-refractivity contribution in [2.45, 2.75) is 13.0 Å². The van der Waals surface area contributed by atoms with Crippen molar-refractivity contribution in [1.29, 1.82) is 0 Å². The zero-order chi connectivity index (χ0) is 29.6. The maximum atomic E-state index is 13.0. The second-order valence-electron chi connectivity index (χ2n) is 10.1. The van der Waals surface area contributed by atoms with Gasteiger partial charge in [0.05, 0.1) is 18.8 Å². The Hall–Kier alpha value is -5.56. The Balaban J connectivity index is 1.03. The van der Waals surface area contributed by atoms with Crippen molar-refractivity contribution in [3.63, 3.8) is 0 Å². The van der Waals surface area contributed by atoms with Gasteiger partial charge in [0.1, 0.15) is 29.3 Å². The van der Waals surface area contributed by atoms with Crippen molar-refractivity contribution in [2.75, 3.05) is 18.9 Å². The maximum Gasteiger partial charge on any atom is 0.251 e. The number of hydrogen-bond acceptors (Lipinski definition) is 6. The average Bonchev–Trinajstić information content (AvgIpc) is 3.41. The predicted octanol–water partition coefficient (Wildman–Crippen LogP) is 6.98. The number of amides is 1. The molecule has 6 rings (SSSR count). The fraction of sp³-hybridized carbons (Fsp3) is 0.111. The lowest BCUT2D eigenvalue weighted by Gasteiger charge is -2.12. The standard InChI is InChI=1S/C36H30N2O5/c37-31-20-26(14-17-34(31)42-23-24-8-2-1-3-9-24)32(39)22-38-36(40)28-11-5-4-10-25(28)18-19-41-27-15-16-30-29-12-6-7-13-33(29)43-35(30)21-27/h1-17,20-21H,18-19,22-23,37H2,(H,38,40). The smallest absolute Gasteiger partial charge is 0.251 e. The largest absolute Gasteiger partial charge is 0.493 e. The number of nitrogens with two attached hydrogens (primary N) is 1. The van der Waals surface area contributed by atoms with E-state index in [0.29, 0.717) is 47.9 Å². The van der Waals surface area contributed by atoms with Gasteiger partial charge in [-0.2, -0.15) is 0 Å². The molecular weight excluding hydrogens is 540 g/mol. The summed E-state index contributed by atoms with van der Waals surface area (Å²) < 4.78 is 17.8. The number of benzene rings is 5. The molecule has 0 aliphatic rings. The summed E-state index contributed by atoms with van der Waals surface area (Å²) in [6.07, 6.45) is 0.511. The van der Waals surface area contributed by atoms with Crippen LogP contribution in [0.15, 0.2) is 120 Å². The van der Waals surface area contributed by atoms with E-state index in [9.17, 15) is 9.59 Å². The van der Waals surface area contributed by atoms with Crippen LogP contribution < -0.4 is 20.5 Å². The van der Waals surface area contributed by atoms with Crippen LogP contribution in [0.5, 0.6) is 11.5 Å². The molecule has 0 spiro atoms. The first kappa shape index (κ1) is 27.6. The molecule has 0 bridgehead atoms. The third-order valence-corrected chi connectivity index (χ3v) is 7.23. The number of anilines is 1. The first-order valence-corrected chi connectivity index (χ1v) is 14.0. The van der Waals surface area contributed by atoms with Gasteiger partial charge in [-0.3, -0.25) is 9.59 Å². The van der Waals surface area contributed by atoms with Gasteiger partial charge < -0.3 is 24.9 Å². The lowest BCUT2D eigenvalue weighted by Crippen LogP contribution is -2.30. The number of nitrogen functional groups attached to an aromatic ring is 1. The van der Waals surface area contributed by atoms with Gasteiger partial charge in [0.15, 0.2) is 5.78 Å². The van der Waals surface area contributed by atoms with Gasteiger partial charge in [-0.05, 0) is 53.6 Å². The molecule has 7 heteroatoms. The normalized spacial score (nSPS) is 11.0. The highest BCUT2D eigenvalue weighted by atomic mass is 16.5. The molecule has 1 amide bonds. The van der Waals surface area contributed by atoms with Crippen LogP contribution in [0.4, 0.5) is 5.69 Å². The molecule has 43 heavy (non-hydrogen) atoms. The van der Waals surface area contributed by atoms with Crippen LogP contribution in [-0.4, -0.2) is 24.8 Å². The number of para-hydroxylation sites is 1. The number of fused-ring (bicyclic) bond motifs is 3. The molecule has 0 radical (unpaired) electrons. The Morgan fingerprint density at radius 3 is 2.37 bits per heavy atom. The van der Waals surface area contributed by atoms with Crippen molar-refractivity contribution < 1.29 is 23.5 Å². The van der Waals surface area contributed by atoms with E-state index < -0.39 is 0 Å². The summed E-state index contributed by atoms with van der Waals surface area (Å²) in [5.74, 6) is 0.604. The van der Waals surface area contributed by atoms with Crippen LogP contribution in [0.3, 0.4) is 0 Å². The number of Topliss-reactive ketones (excluding diaryl/α,β-unsaturated/α-hetero) is 1. The fourth-order valence-corrected chi connectivity index (χ4v) is 4.98. The van der Waals surface area contributed by atoms with Gasteiger partial charge >= 0.3 is 0 Å². The molecule has 5 aromatic carbocycles. The highest BCUT2D eigenvalue weighted by Gasteiger charge is 2.15. The van der Waals surface area contributed by atoms with Crippen molar-refractivity contribution in [3.05, 3.63) is 138 Å². The molecule has 3 N–H and O–H groups in total. The van der Waals surface area contributed by atoms with E-state index in [-0.39, 0.29) is 18.2 Å². The van der Waals surface area contributed by atoms with Gasteiger partial charge in [-0.25, -0.2) is 0 Å². The van der Waals surface area contributed by atoms with E-state index in [1.54, 1.807) is 30.3 Å². The molecule has 7 nitrogen and oxygen atoms in total. The molecule has 0 aliphatic heterocycles. The first-order valence-electron chi connectivity index (χ1n) is 14.0. The molecule has 6 aromatic rings. The maximum absolute atomic E-state index is 13.0. The minimum absolute atomic E-state index is 0.162. The number of furan rings is 1. The van der Waals surface area contributed by atoms with E-state index >= 15 is 0 Å². The summed E-state index contributed by atoms with van der Waals surface area (Å²) in [6.45, 7) is 0.577. The third kappa shape index (κ3) is 6.36. The van der Waals surface area contributed by atoms with Crippen molar-refractivity contribution >= 4 is 39.3 Å². The minimum Gasteiger partial charge on any atom is -0.493 e. The monoisotopic (exact) mass is 570 g/mol. The molecule has 0 fully saturated rings. The quantitative estimate of drug-likeness (QED) is 0.129. The van der Waals surface area contributed by atoms with Crippen LogP contribution in [0.1, 0.15) is 31.8 Å². The van der Waals surface area contributed by atoms with Crippen molar-refractivity contribution in [2.24, 2.45) is 0 Å². The fourth-order valence-electron chi connectivity index (χ4n) is 4.98. The first-order chi connectivity index (χ1) is 21.0. The number of ketones is 1. The van der Waals surface area contributed by atoms with Gasteiger partial charge in [-0.15, -0.1) is 0 Å². The van der Waals surface area contributed by atoms with E-state index in [1.807, 2.05) is 84.9 Å². The molecule has 214 valence electrons. The lowest BCUT2D eigenvalue weighted by atomic mass is 10.0. The summed E-state index contributed by atoms with van der Waals surface area (Å²) in [4.78, 5) is 25.9. The molecule has 0 aliphatic carbocycles. The number of hydrogen-bond donors (Lipinski definition) is 2. The molecule has 0 saturated heterocycles. The van der Waals surface area contributed by atoms with Crippen LogP contribution in [0.2, 0.25) is 0 Å². The average molecular weight is 571 g/mol. The van der Waals surface area contributed by atoms with E-state index in [4.69, 9.17) is 19.6 Å². The van der Waals surface area contributed by atoms with E-state index in [1.165, 1.54) is 0 Å². The summed E-state index contributed by atoms with van der Waals surface area (Å²) in [5, 5.41) is 4.85. The number of carbonyl (C=O) groups excluding carboxylic acids is 2. The van der Waals surface area contributed by atoms with Crippen LogP contribution in [0, 0.1) is 0 Å². The third-order valence-electron chi connectivity index (χ3n) is 7.23. The van der Waals surface area contributed by atoms with Gasteiger partial charge in [0, 0.05) is 34.4 Å². The number of carbonyl (C=O) groups is 2. The zero-order valence-electron chi connectivity index (χ0n) is 23.4. The zero-order valence-corrected chi connectivity index (χ0v) is 23.4. The summed E-state index contributed by atoms with van der Waals surface area (Å²) >= 11 is 0. The summed E-state index contributed by atoms with van der Waals surface area (Å²) in [7, 11) is 0. The van der Waals surface area contributed by atoms with Crippen molar-refractivity contribution in [3.8, 4) is 11.5 Å². The Labute approximate surface area is 248 Å². The molecule has 0 saturated carbocycles. The lowest BCUT2D eigenvalue weighted by molar-refractivity contribution is 0.0903. The molecule has 0 unspecified atom stereocenters. The topological polar surface area (TPSA) is 104 Å². The van der Waals surface area contributed by atoms with Crippen LogP contribution in [-0.2, 0) is 13.0 Å². The Morgan fingerprint density at radius 2 is 1.51 bits per heavy atom. The molecule has 1 aromatic heterocycles. The number of nitrogens with one attached hydrogen (secondary N) is 1. The van der Waals surface area contributed by atoms with Crippen LogP contribution >= 0.6 is 0 Å². The molecule has 1 heterocycles. The van der Waals surface area contributed by atoms with E-state index in [2.05, 4.69) is 5.32 Å². The van der Waals surface area contributed by atoms with E-state index in [0.717, 1.165) is 33.1 Å². The molecular formula is C36H30N2O5.